The van der Waals surface area contributed by atoms with Crippen LogP contribution >= 0.6 is 0 Å². The lowest BCUT2D eigenvalue weighted by molar-refractivity contribution is -0.115. The summed E-state index contributed by atoms with van der Waals surface area (Å²) in [5, 5.41) is 2.87. The number of nitrogens with zero attached hydrogens (tertiary/aromatic N) is 1. The number of amides is 1. The molecule has 0 saturated carbocycles. The van der Waals surface area contributed by atoms with Crippen molar-refractivity contribution in [2.45, 2.75) is 6.42 Å². The van der Waals surface area contributed by atoms with E-state index in [4.69, 9.17) is 10.5 Å². The number of anilines is 1. The van der Waals surface area contributed by atoms with Crippen LogP contribution in [0.25, 0.3) is 11.1 Å². The molecule has 0 fully saturated rings. The van der Waals surface area contributed by atoms with Crippen LogP contribution in [-0.4, -0.2) is 45.1 Å². The molecule has 1 amide bonds. The van der Waals surface area contributed by atoms with Crippen molar-refractivity contribution < 1.29 is 9.53 Å². The average molecular weight is 327 g/mol. The first-order chi connectivity index (χ1) is 11.5. The van der Waals surface area contributed by atoms with E-state index in [0.717, 1.165) is 41.2 Å². The van der Waals surface area contributed by atoms with Crippen molar-refractivity contribution >= 4 is 11.6 Å². The van der Waals surface area contributed by atoms with Crippen LogP contribution in [0.2, 0.25) is 0 Å². The van der Waals surface area contributed by atoms with Crippen LogP contribution in [0.5, 0.6) is 5.75 Å². The van der Waals surface area contributed by atoms with Crippen molar-refractivity contribution in [2.24, 2.45) is 5.73 Å². The summed E-state index contributed by atoms with van der Waals surface area (Å²) in [5.74, 6) is 0.893. The van der Waals surface area contributed by atoms with Crippen LogP contribution < -0.4 is 15.8 Å². The molecular weight excluding hydrogens is 302 g/mol. The Hall–Kier alpha value is -2.37. The molecule has 1 aliphatic heterocycles. The molecule has 0 radical (unpaired) electrons. The fourth-order valence-electron chi connectivity index (χ4n) is 2.45. The molecule has 0 unspecified atom stereocenters. The Morgan fingerprint density at radius 2 is 1.92 bits per heavy atom. The third-order valence-electron chi connectivity index (χ3n) is 3.71. The van der Waals surface area contributed by atoms with Crippen LogP contribution in [0.1, 0.15) is 5.56 Å². The number of methoxy groups -OCH3 is 1. The maximum atomic E-state index is 11.3. The van der Waals surface area contributed by atoms with Gasteiger partial charge in [-0.25, -0.2) is 0 Å². The molecule has 2 aromatic rings. The second kappa shape index (κ2) is 8.47. The minimum Gasteiger partial charge on any atom is -0.497 e. The maximum absolute atomic E-state index is 11.3. The van der Waals surface area contributed by atoms with Gasteiger partial charge in [-0.2, -0.15) is 0 Å². The van der Waals surface area contributed by atoms with Crippen molar-refractivity contribution in [3.63, 3.8) is 0 Å². The van der Waals surface area contributed by atoms with E-state index in [2.05, 4.69) is 10.2 Å². The number of rotatable bonds is 4. The third-order valence-corrected chi connectivity index (χ3v) is 3.71. The van der Waals surface area contributed by atoms with E-state index in [1.165, 1.54) is 0 Å². The molecule has 128 valence electrons. The minimum atomic E-state index is 0.0628. The second-order valence-corrected chi connectivity index (χ2v) is 5.92. The molecule has 0 aromatic heterocycles. The predicted octanol–water partition coefficient (Wildman–Crippen LogP) is 2.36. The van der Waals surface area contributed by atoms with E-state index in [-0.39, 0.29) is 5.91 Å². The lowest BCUT2D eigenvalue weighted by Crippen LogP contribution is -2.20. The van der Waals surface area contributed by atoms with Gasteiger partial charge in [0.25, 0.3) is 0 Å². The second-order valence-electron chi connectivity index (χ2n) is 5.92. The number of fused-ring (bicyclic) bond motifs is 1. The van der Waals surface area contributed by atoms with E-state index in [9.17, 15) is 4.79 Å². The number of nitrogens with two attached hydrogens (primary N) is 1. The standard InChI is InChI=1S/C15H13NO2.C4H12N2/c1-18-13-4-2-3-10(7-13)11-5-6-12-9-15(17)16-14(12)8-11;1-6(2)4-3-5/h2-8H,9H2,1H3,(H,16,17);3-5H2,1-2H3. The Kier molecular flexibility index (Phi) is 6.35. The molecule has 24 heavy (non-hydrogen) atoms. The number of hydrogen-bond acceptors (Lipinski definition) is 4. The molecule has 5 nitrogen and oxygen atoms in total. The Bertz CT molecular complexity index is 699. The molecule has 0 bridgehead atoms. The van der Waals surface area contributed by atoms with Gasteiger partial charge < -0.3 is 20.7 Å². The van der Waals surface area contributed by atoms with Gasteiger partial charge in [-0.3, -0.25) is 4.79 Å². The maximum Gasteiger partial charge on any atom is 0.228 e. The first-order valence-corrected chi connectivity index (χ1v) is 7.95. The van der Waals surface area contributed by atoms with Gasteiger partial charge in [0.2, 0.25) is 5.91 Å². The Labute approximate surface area is 143 Å². The quantitative estimate of drug-likeness (QED) is 0.905. The molecule has 1 heterocycles. The van der Waals surface area contributed by atoms with E-state index >= 15 is 0 Å². The van der Waals surface area contributed by atoms with Crippen LogP contribution in [0.3, 0.4) is 0 Å². The smallest absolute Gasteiger partial charge is 0.228 e. The van der Waals surface area contributed by atoms with Crippen LogP contribution in [0.4, 0.5) is 5.69 Å². The SMILES string of the molecule is CN(C)CCN.COc1cccc(-c2ccc3c(c2)NC(=O)C3)c1. The number of nitrogens with one attached hydrogen (secondary N) is 1. The van der Waals surface area contributed by atoms with Gasteiger partial charge >= 0.3 is 0 Å². The van der Waals surface area contributed by atoms with Crippen molar-refractivity contribution in [2.75, 3.05) is 39.6 Å². The highest BCUT2D eigenvalue weighted by Crippen LogP contribution is 2.30. The van der Waals surface area contributed by atoms with E-state index < -0.39 is 0 Å². The fourth-order valence-corrected chi connectivity index (χ4v) is 2.45. The Balaban J connectivity index is 0.000000301. The number of likely N-dealkylation sites (N-methyl/N-ethyl adjacent to an activating group) is 1. The van der Waals surface area contributed by atoms with Crippen LogP contribution in [0.15, 0.2) is 42.5 Å². The van der Waals surface area contributed by atoms with Crippen molar-refractivity contribution in [3.05, 3.63) is 48.0 Å². The van der Waals surface area contributed by atoms with Gasteiger partial charge in [0.05, 0.1) is 13.5 Å². The molecule has 0 atom stereocenters. The summed E-state index contributed by atoms with van der Waals surface area (Å²) in [6, 6.07) is 13.9. The summed E-state index contributed by atoms with van der Waals surface area (Å²) in [7, 11) is 5.67. The van der Waals surface area contributed by atoms with E-state index in [1.807, 2.05) is 56.6 Å². The number of carbonyl (C=O) groups is 1. The number of hydrogen-bond donors (Lipinski definition) is 2. The van der Waals surface area contributed by atoms with Crippen molar-refractivity contribution in [1.29, 1.82) is 0 Å². The predicted molar refractivity (Wildman–Crippen MR) is 98.4 cm³/mol. The third kappa shape index (κ3) is 4.81. The molecule has 0 saturated heterocycles. The van der Waals surface area contributed by atoms with Gasteiger partial charge in [0, 0.05) is 18.8 Å². The monoisotopic (exact) mass is 327 g/mol. The molecule has 0 aliphatic carbocycles. The minimum absolute atomic E-state index is 0.0628. The largest absolute Gasteiger partial charge is 0.497 e. The topological polar surface area (TPSA) is 67.6 Å². The lowest BCUT2D eigenvalue weighted by Gasteiger charge is -2.06. The fraction of sp³-hybridized carbons (Fsp3) is 0.316. The zero-order valence-electron chi connectivity index (χ0n) is 14.5. The van der Waals surface area contributed by atoms with Gasteiger partial charge in [0.1, 0.15) is 5.75 Å². The molecule has 5 heteroatoms. The number of ether oxygens (including phenoxy) is 1. The number of carbonyl (C=O) groups excluding carboxylic acids is 1. The van der Waals surface area contributed by atoms with Gasteiger partial charge in [-0.15, -0.1) is 0 Å². The highest BCUT2D eigenvalue weighted by molar-refractivity contribution is 5.99. The summed E-state index contributed by atoms with van der Waals surface area (Å²) in [5.41, 5.74) is 9.33. The molecular formula is C19H25N3O2. The number of benzene rings is 2. The molecule has 3 N–H and O–H groups in total. The first-order valence-electron chi connectivity index (χ1n) is 7.95. The van der Waals surface area contributed by atoms with Crippen LogP contribution in [-0.2, 0) is 11.2 Å². The summed E-state index contributed by atoms with van der Waals surface area (Å²) in [4.78, 5) is 13.4. The van der Waals surface area contributed by atoms with Gasteiger partial charge in [0.15, 0.2) is 0 Å². The van der Waals surface area contributed by atoms with E-state index in [0.29, 0.717) is 6.42 Å². The van der Waals surface area contributed by atoms with E-state index in [1.54, 1.807) is 7.11 Å². The average Bonchev–Trinajstić information content (AvgIpc) is 2.94. The molecule has 0 spiro atoms. The molecule has 2 aromatic carbocycles. The molecule has 1 aliphatic rings. The Morgan fingerprint density at radius 3 is 2.54 bits per heavy atom. The highest BCUT2D eigenvalue weighted by atomic mass is 16.5. The summed E-state index contributed by atoms with van der Waals surface area (Å²) < 4.78 is 5.22. The normalized spacial score (nSPS) is 12.3. The first kappa shape index (κ1) is 18.0. The van der Waals surface area contributed by atoms with Crippen molar-refractivity contribution in [3.8, 4) is 16.9 Å². The molecule has 3 rings (SSSR count). The van der Waals surface area contributed by atoms with Gasteiger partial charge in [-0.05, 0) is 49.0 Å². The highest BCUT2D eigenvalue weighted by Gasteiger charge is 2.17. The van der Waals surface area contributed by atoms with Gasteiger partial charge in [-0.1, -0.05) is 24.3 Å². The van der Waals surface area contributed by atoms with Crippen LogP contribution in [0, 0.1) is 0 Å². The lowest BCUT2D eigenvalue weighted by atomic mass is 10.0. The summed E-state index contributed by atoms with van der Waals surface area (Å²) in [6.45, 7) is 1.74. The summed E-state index contributed by atoms with van der Waals surface area (Å²) in [6.07, 6.45) is 0.480. The zero-order valence-corrected chi connectivity index (χ0v) is 14.5. The zero-order chi connectivity index (χ0) is 17.5. The van der Waals surface area contributed by atoms with Crippen molar-refractivity contribution in [1.82, 2.24) is 4.90 Å². The summed E-state index contributed by atoms with van der Waals surface area (Å²) >= 11 is 0. The Morgan fingerprint density at radius 1 is 1.17 bits per heavy atom.